The smallest absolute Gasteiger partial charge is 0.0540 e. The summed E-state index contributed by atoms with van der Waals surface area (Å²) in [6, 6.07) is 0. The maximum atomic E-state index is 9.55. The van der Waals surface area contributed by atoms with Gasteiger partial charge in [0, 0.05) is 19.6 Å². The lowest BCUT2D eigenvalue weighted by molar-refractivity contribution is -0.0286. The van der Waals surface area contributed by atoms with Crippen LogP contribution in [0.1, 0.15) is 64.2 Å². The number of hydrogen-bond acceptors (Lipinski definition) is 2. The first-order valence-corrected chi connectivity index (χ1v) is 8.16. The Balaban J connectivity index is 1.41. The summed E-state index contributed by atoms with van der Waals surface area (Å²) >= 11 is 0. The van der Waals surface area contributed by atoms with Crippen LogP contribution in [0.2, 0.25) is 0 Å². The molecule has 104 valence electrons. The Labute approximate surface area is 112 Å². The van der Waals surface area contributed by atoms with Crippen LogP contribution in [0.4, 0.5) is 0 Å². The summed E-state index contributed by atoms with van der Waals surface area (Å²) in [5, 5.41) is 9.55. The Morgan fingerprint density at radius 2 is 1.50 bits per heavy atom. The molecular weight excluding hydrogens is 222 g/mol. The SMILES string of the molecule is OC1CCC(CN2CC3(CCCCCC3)C2)CC1. The summed E-state index contributed by atoms with van der Waals surface area (Å²) in [7, 11) is 0. The van der Waals surface area contributed by atoms with Gasteiger partial charge in [-0.05, 0) is 49.9 Å². The second kappa shape index (κ2) is 5.50. The molecule has 1 aliphatic heterocycles. The van der Waals surface area contributed by atoms with Crippen molar-refractivity contribution < 1.29 is 5.11 Å². The third-order valence-electron chi connectivity index (χ3n) is 5.61. The monoisotopic (exact) mass is 251 g/mol. The first kappa shape index (κ1) is 12.9. The van der Waals surface area contributed by atoms with Gasteiger partial charge in [-0.1, -0.05) is 25.7 Å². The number of nitrogens with zero attached hydrogens (tertiary/aromatic N) is 1. The normalized spacial score (nSPS) is 37.2. The van der Waals surface area contributed by atoms with Crippen molar-refractivity contribution in [2.24, 2.45) is 11.3 Å². The highest BCUT2D eigenvalue weighted by Gasteiger charge is 2.42. The fourth-order valence-electron chi connectivity index (χ4n) is 4.52. The fraction of sp³-hybridized carbons (Fsp3) is 1.00. The van der Waals surface area contributed by atoms with Gasteiger partial charge in [-0.3, -0.25) is 0 Å². The van der Waals surface area contributed by atoms with Crippen LogP contribution in [-0.4, -0.2) is 35.7 Å². The summed E-state index contributed by atoms with van der Waals surface area (Å²) in [4.78, 5) is 2.70. The molecule has 2 aliphatic carbocycles. The summed E-state index contributed by atoms with van der Waals surface area (Å²) < 4.78 is 0. The van der Waals surface area contributed by atoms with E-state index in [0.717, 1.165) is 24.2 Å². The van der Waals surface area contributed by atoms with E-state index in [-0.39, 0.29) is 6.10 Å². The fourth-order valence-corrected chi connectivity index (χ4v) is 4.52. The van der Waals surface area contributed by atoms with Crippen LogP contribution in [0.3, 0.4) is 0 Å². The molecule has 2 nitrogen and oxygen atoms in total. The number of aliphatic hydroxyl groups is 1. The molecule has 2 saturated carbocycles. The highest BCUT2D eigenvalue weighted by molar-refractivity contribution is 4.96. The van der Waals surface area contributed by atoms with E-state index in [0.29, 0.717) is 0 Å². The summed E-state index contributed by atoms with van der Waals surface area (Å²) in [6.07, 6.45) is 13.5. The molecule has 1 saturated heterocycles. The minimum absolute atomic E-state index is 0.00541. The molecule has 3 rings (SSSR count). The number of aliphatic hydroxyl groups excluding tert-OH is 1. The van der Waals surface area contributed by atoms with E-state index in [1.807, 2.05) is 0 Å². The molecule has 0 aromatic rings. The molecule has 0 bridgehead atoms. The number of likely N-dealkylation sites (tertiary alicyclic amines) is 1. The molecule has 0 aromatic heterocycles. The van der Waals surface area contributed by atoms with Crippen LogP contribution in [0, 0.1) is 11.3 Å². The maximum absolute atomic E-state index is 9.55. The summed E-state index contributed by atoms with van der Waals surface area (Å²) in [5.41, 5.74) is 0.727. The van der Waals surface area contributed by atoms with Crippen molar-refractivity contribution in [3.05, 3.63) is 0 Å². The molecule has 0 aromatic carbocycles. The lowest BCUT2D eigenvalue weighted by atomic mass is 9.73. The number of hydrogen-bond donors (Lipinski definition) is 1. The van der Waals surface area contributed by atoms with Crippen molar-refractivity contribution in [3.63, 3.8) is 0 Å². The van der Waals surface area contributed by atoms with Gasteiger partial charge in [0.15, 0.2) is 0 Å². The predicted molar refractivity (Wildman–Crippen MR) is 74.5 cm³/mol. The van der Waals surface area contributed by atoms with Crippen molar-refractivity contribution >= 4 is 0 Å². The van der Waals surface area contributed by atoms with Gasteiger partial charge in [0.2, 0.25) is 0 Å². The molecule has 0 unspecified atom stereocenters. The van der Waals surface area contributed by atoms with Gasteiger partial charge in [-0.2, -0.15) is 0 Å². The molecule has 18 heavy (non-hydrogen) atoms. The highest BCUT2D eigenvalue weighted by atomic mass is 16.3. The lowest BCUT2D eigenvalue weighted by Gasteiger charge is -2.52. The van der Waals surface area contributed by atoms with Gasteiger partial charge >= 0.3 is 0 Å². The Hall–Kier alpha value is -0.0800. The molecule has 1 heterocycles. The predicted octanol–water partition coefficient (Wildman–Crippen LogP) is 3.19. The van der Waals surface area contributed by atoms with E-state index in [4.69, 9.17) is 0 Å². The molecule has 3 aliphatic rings. The average molecular weight is 251 g/mol. The largest absolute Gasteiger partial charge is 0.393 e. The first-order valence-electron chi connectivity index (χ1n) is 8.16. The topological polar surface area (TPSA) is 23.5 Å². The van der Waals surface area contributed by atoms with E-state index in [1.54, 1.807) is 0 Å². The van der Waals surface area contributed by atoms with E-state index in [9.17, 15) is 5.11 Å². The second-order valence-electron chi connectivity index (χ2n) is 7.26. The Morgan fingerprint density at radius 1 is 0.889 bits per heavy atom. The molecule has 3 fully saturated rings. The third-order valence-corrected chi connectivity index (χ3v) is 5.61. The van der Waals surface area contributed by atoms with Gasteiger partial charge in [0.1, 0.15) is 0 Å². The molecule has 1 N–H and O–H groups in total. The molecule has 0 atom stereocenters. The van der Waals surface area contributed by atoms with Gasteiger partial charge < -0.3 is 10.0 Å². The van der Waals surface area contributed by atoms with Crippen LogP contribution >= 0.6 is 0 Å². The maximum Gasteiger partial charge on any atom is 0.0540 e. The van der Waals surface area contributed by atoms with Crippen LogP contribution in [0.25, 0.3) is 0 Å². The van der Waals surface area contributed by atoms with Gasteiger partial charge in [0.05, 0.1) is 6.10 Å². The van der Waals surface area contributed by atoms with E-state index < -0.39 is 0 Å². The quantitative estimate of drug-likeness (QED) is 0.814. The van der Waals surface area contributed by atoms with Crippen molar-refractivity contribution in [3.8, 4) is 0 Å². The van der Waals surface area contributed by atoms with E-state index in [2.05, 4.69) is 4.90 Å². The zero-order valence-corrected chi connectivity index (χ0v) is 11.7. The van der Waals surface area contributed by atoms with Gasteiger partial charge in [0.25, 0.3) is 0 Å². The Morgan fingerprint density at radius 3 is 2.11 bits per heavy atom. The summed E-state index contributed by atoms with van der Waals surface area (Å²) in [5.74, 6) is 0.872. The van der Waals surface area contributed by atoms with Crippen molar-refractivity contribution in [2.45, 2.75) is 70.3 Å². The number of rotatable bonds is 2. The van der Waals surface area contributed by atoms with Crippen molar-refractivity contribution in [1.82, 2.24) is 4.90 Å². The minimum atomic E-state index is 0.00541. The van der Waals surface area contributed by atoms with Gasteiger partial charge in [-0.25, -0.2) is 0 Å². The highest BCUT2D eigenvalue weighted by Crippen LogP contribution is 2.43. The average Bonchev–Trinajstić information content (AvgIpc) is 2.57. The third kappa shape index (κ3) is 2.91. The zero-order chi connectivity index (χ0) is 12.4. The summed E-state index contributed by atoms with van der Waals surface area (Å²) in [6.45, 7) is 4.08. The van der Waals surface area contributed by atoms with Crippen molar-refractivity contribution in [2.75, 3.05) is 19.6 Å². The van der Waals surface area contributed by atoms with Crippen molar-refractivity contribution in [1.29, 1.82) is 0 Å². The molecule has 0 amide bonds. The van der Waals surface area contributed by atoms with E-state index in [1.165, 1.54) is 71.0 Å². The molecular formula is C16H29NO. The van der Waals surface area contributed by atoms with Crippen LogP contribution < -0.4 is 0 Å². The molecule has 1 spiro atoms. The minimum Gasteiger partial charge on any atom is -0.393 e. The Bertz CT molecular complexity index is 254. The standard InChI is InChI=1S/C16H29NO/c18-15-7-5-14(6-8-15)11-17-12-16(13-17)9-3-1-2-4-10-16/h14-15,18H,1-13H2. The lowest BCUT2D eigenvalue weighted by Crippen LogP contribution is -2.57. The van der Waals surface area contributed by atoms with Gasteiger partial charge in [-0.15, -0.1) is 0 Å². The molecule has 2 heteroatoms. The Kier molecular flexibility index (Phi) is 3.95. The first-order chi connectivity index (χ1) is 8.76. The van der Waals surface area contributed by atoms with Crippen LogP contribution in [0.15, 0.2) is 0 Å². The second-order valence-corrected chi connectivity index (χ2v) is 7.26. The van der Waals surface area contributed by atoms with Crippen LogP contribution in [0.5, 0.6) is 0 Å². The zero-order valence-electron chi connectivity index (χ0n) is 11.7. The molecule has 0 radical (unpaired) electrons. The van der Waals surface area contributed by atoms with E-state index >= 15 is 0 Å². The van der Waals surface area contributed by atoms with Crippen LogP contribution in [-0.2, 0) is 0 Å².